The number of H-pyrrole nitrogens is 1. The highest BCUT2D eigenvalue weighted by molar-refractivity contribution is 5.35. The van der Waals surface area contributed by atoms with E-state index in [-0.39, 0.29) is 5.56 Å². The minimum atomic E-state index is -0.0952. The molecule has 0 saturated carbocycles. The molecule has 0 fully saturated rings. The monoisotopic (exact) mass is 252 g/mol. The molecule has 1 aromatic rings. The number of anilines is 1. The number of nitrogens with one attached hydrogen (secondary N) is 1. The lowest BCUT2D eigenvalue weighted by molar-refractivity contribution is 0.300. The number of nitrogens with zero attached hydrogens (tertiary/aromatic N) is 3. The fraction of sp³-hybridized carbons (Fsp3) is 0.692. The Balaban J connectivity index is 2.50. The van der Waals surface area contributed by atoms with Crippen molar-refractivity contribution in [3.05, 3.63) is 22.7 Å². The number of aromatic amines is 1. The van der Waals surface area contributed by atoms with Crippen LogP contribution in [0.5, 0.6) is 0 Å². The Morgan fingerprint density at radius 1 is 1.17 bits per heavy atom. The van der Waals surface area contributed by atoms with Crippen LogP contribution in [-0.4, -0.2) is 47.6 Å². The molecule has 0 bridgehead atoms. The quantitative estimate of drug-likeness (QED) is 0.758. The Bertz CT molecular complexity index is 387. The van der Waals surface area contributed by atoms with Gasteiger partial charge in [0.25, 0.3) is 5.56 Å². The lowest BCUT2D eigenvalue weighted by Gasteiger charge is -2.24. The van der Waals surface area contributed by atoms with E-state index in [1.807, 2.05) is 0 Å². The smallest absolute Gasteiger partial charge is 0.252 e. The van der Waals surface area contributed by atoms with Crippen molar-refractivity contribution in [1.29, 1.82) is 0 Å². The second-order valence-electron chi connectivity index (χ2n) is 4.23. The molecular formula is C13H24N4O. The fourth-order valence-electron chi connectivity index (χ4n) is 1.99. The maximum atomic E-state index is 11.3. The maximum Gasteiger partial charge on any atom is 0.252 e. The van der Waals surface area contributed by atoms with Gasteiger partial charge in [0.15, 0.2) is 0 Å². The van der Waals surface area contributed by atoms with Crippen LogP contribution >= 0.6 is 0 Å². The van der Waals surface area contributed by atoms with Crippen molar-refractivity contribution < 1.29 is 0 Å². The summed E-state index contributed by atoms with van der Waals surface area (Å²) in [7, 11) is 0. The lowest BCUT2D eigenvalue weighted by atomic mass is 10.3. The van der Waals surface area contributed by atoms with E-state index in [0.717, 1.165) is 45.0 Å². The molecule has 0 aliphatic rings. The number of hydrogen-bond acceptors (Lipinski definition) is 4. The SMILES string of the molecule is CCN(CC)CCCN(CC)c1cc(=O)[nH]cn1. The van der Waals surface area contributed by atoms with Gasteiger partial charge in [-0.2, -0.15) is 0 Å². The topological polar surface area (TPSA) is 52.2 Å². The highest BCUT2D eigenvalue weighted by atomic mass is 16.1. The second kappa shape index (κ2) is 7.87. The van der Waals surface area contributed by atoms with Gasteiger partial charge in [-0.3, -0.25) is 4.79 Å². The van der Waals surface area contributed by atoms with Gasteiger partial charge in [0, 0.05) is 19.2 Å². The van der Waals surface area contributed by atoms with Crippen molar-refractivity contribution in [2.45, 2.75) is 27.2 Å². The predicted molar refractivity (Wildman–Crippen MR) is 75.1 cm³/mol. The van der Waals surface area contributed by atoms with Gasteiger partial charge in [0.05, 0.1) is 6.33 Å². The zero-order valence-electron chi connectivity index (χ0n) is 11.6. The Morgan fingerprint density at radius 3 is 2.44 bits per heavy atom. The molecule has 5 heteroatoms. The van der Waals surface area contributed by atoms with Crippen LogP contribution in [0.2, 0.25) is 0 Å². The first kappa shape index (κ1) is 14.7. The van der Waals surface area contributed by atoms with Crippen molar-refractivity contribution >= 4 is 5.82 Å². The molecule has 0 amide bonds. The van der Waals surface area contributed by atoms with E-state index in [9.17, 15) is 4.79 Å². The largest absolute Gasteiger partial charge is 0.357 e. The van der Waals surface area contributed by atoms with Gasteiger partial charge in [-0.15, -0.1) is 0 Å². The van der Waals surface area contributed by atoms with Crippen LogP contribution in [0, 0.1) is 0 Å². The van der Waals surface area contributed by atoms with Crippen LogP contribution in [0.15, 0.2) is 17.2 Å². The van der Waals surface area contributed by atoms with Crippen molar-refractivity contribution in [2.75, 3.05) is 37.6 Å². The summed E-state index contributed by atoms with van der Waals surface area (Å²) in [6.45, 7) is 11.5. The summed E-state index contributed by atoms with van der Waals surface area (Å²) in [4.78, 5) is 22.5. The molecule has 0 radical (unpaired) electrons. The highest BCUT2D eigenvalue weighted by Gasteiger charge is 2.07. The van der Waals surface area contributed by atoms with Crippen molar-refractivity contribution in [2.24, 2.45) is 0 Å². The van der Waals surface area contributed by atoms with E-state index in [4.69, 9.17) is 0 Å². The van der Waals surface area contributed by atoms with E-state index < -0.39 is 0 Å². The molecule has 1 heterocycles. The van der Waals surface area contributed by atoms with Gasteiger partial charge >= 0.3 is 0 Å². The zero-order valence-corrected chi connectivity index (χ0v) is 11.6. The maximum absolute atomic E-state index is 11.3. The van der Waals surface area contributed by atoms with Gasteiger partial charge in [-0.05, 0) is 33.0 Å². The summed E-state index contributed by atoms with van der Waals surface area (Å²) >= 11 is 0. The number of rotatable bonds is 8. The Morgan fingerprint density at radius 2 is 1.89 bits per heavy atom. The molecule has 0 aliphatic carbocycles. The van der Waals surface area contributed by atoms with Crippen LogP contribution in [0.25, 0.3) is 0 Å². The molecule has 0 aliphatic heterocycles. The van der Waals surface area contributed by atoms with Gasteiger partial charge < -0.3 is 14.8 Å². The Hall–Kier alpha value is -1.36. The van der Waals surface area contributed by atoms with Crippen LogP contribution in [0.3, 0.4) is 0 Å². The summed E-state index contributed by atoms with van der Waals surface area (Å²) < 4.78 is 0. The van der Waals surface area contributed by atoms with Crippen LogP contribution in [0.4, 0.5) is 5.82 Å². The molecule has 1 rings (SSSR count). The van der Waals surface area contributed by atoms with E-state index >= 15 is 0 Å². The number of aromatic nitrogens is 2. The minimum absolute atomic E-state index is 0.0952. The van der Waals surface area contributed by atoms with Crippen molar-refractivity contribution in [1.82, 2.24) is 14.9 Å². The molecule has 0 atom stereocenters. The zero-order chi connectivity index (χ0) is 13.4. The first-order chi connectivity index (χ1) is 8.71. The van der Waals surface area contributed by atoms with Crippen LogP contribution in [-0.2, 0) is 0 Å². The predicted octanol–water partition coefficient (Wildman–Crippen LogP) is 1.33. The van der Waals surface area contributed by atoms with Gasteiger partial charge in [-0.25, -0.2) is 4.98 Å². The Labute approximate surface area is 109 Å². The molecule has 5 nitrogen and oxygen atoms in total. The first-order valence-corrected chi connectivity index (χ1v) is 6.73. The molecule has 0 unspecified atom stereocenters. The van der Waals surface area contributed by atoms with E-state index in [1.54, 1.807) is 6.07 Å². The van der Waals surface area contributed by atoms with E-state index in [0.29, 0.717) is 0 Å². The molecule has 0 aromatic carbocycles. The average molecular weight is 252 g/mol. The summed E-state index contributed by atoms with van der Waals surface area (Å²) in [5.74, 6) is 0.765. The molecule has 1 aromatic heterocycles. The lowest BCUT2D eigenvalue weighted by Crippen LogP contribution is -2.31. The standard InChI is InChI=1S/C13H24N4O/c1-4-16(5-2)8-7-9-17(6-3)12-10-13(18)15-11-14-12/h10-11H,4-9H2,1-3H3,(H,14,15,18). The van der Waals surface area contributed by atoms with Gasteiger partial charge in [0.1, 0.15) is 5.82 Å². The fourth-order valence-corrected chi connectivity index (χ4v) is 1.99. The van der Waals surface area contributed by atoms with E-state index in [2.05, 4.69) is 40.5 Å². The molecule has 1 N–H and O–H groups in total. The van der Waals surface area contributed by atoms with Gasteiger partial charge in [-0.1, -0.05) is 13.8 Å². The van der Waals surface area contributed by atoms with Gasteiger partial charge in [0.2, 0.25) is 0 Å². The third-order valence-corrected chi connectivity index (χ3v) is 3.17. The average Bonchev–Trinajstić information content (AvgIpc) is 2.39. The molecule has 102 valence electrons. The molecule has 0 saturated heterocycles. The number of hydrogen-bond donors (Lipinski definition) is 1. The minimum Gasteiger partial charge on any atom is -0.357 e. The van der Waals surface area contributed by atoms with Crippen molar-refractivity contribution in [3.8, 4) is 0 Å². The highest BCUT2D eigenvalue weighted by Crippen LogP contribution is 2.06. The third-order valence-electron chi connectivity index (χ3n) is 3.17. The van der Waals surface area contributed by atoms with Crippen LogP contribution < -0.4 is 10.5 Å². The summed E-state index contributed by atoms with van der Waals surface area (Å²) in [5.41, 5.74) is -0.0952. The van der Waals surface area contributed by atoms with Crippen molar-refractivity contribution in [3.63, 3.8) is 0 Å². The first-order valence-electron chi connectivity index (χ1n) is 6.73. The van der Waals surface area contributed by atoms with E-state index in [1.165, 1.54) is 6.33 Å². The summed E-state index contributed by atoms with van der Waals surface area (Å²) in [6, 6.07) is 1.56. The summed E-state index contributed by atoms with van der Waals surface area (Å²) in [6.07, 6.45) is 2.55. The molecule has 18 heavy (non-hydrogen) atoms. The third kappa shape index (κ3) is 4.49. The Kier molecular flexibility index (Phi) is 6.43. The normalized spacial score (nSPS) is 10.9. The van der Waals surface area contributed by atoms with Crippen LogP contribution in [0.1, 0.15) is 27.2 Å². The molecule has 0 spiro atoms. The second-order valence-corrected chi connectivity index (χ2v) is 4.23. The summed E-state index contributed by atoms with van der Waals surface area (Å²) in [5, 5.41) is 0. The molecular weight excluding hydrogens is 228 g/mol.